The van der Waals surface area contributed by atoms with E-state index in [1.165, 1.54) is 5.56 Å². The number of aryl methyl sites for hydroxylation is 1. The number of methoxy groups -OCH3 is 1. The summed E-state index contributed by atoms with van der Waals surface area (Å²) in [7, 11) is 5.66. The van der Waals surface area contributed by atoms with Crippen LogP contribution in [0.25, 0.3) is 0 Å². The molecule has 1 unspecified atom stereocenters. The number of ether oxygens (including phenoxy) is 1. The van der Waals surface area contributed by atoms with Crippen LogP contribution in [0.2, 0.25) is 0 Å². The van der Waals surface area contributed by atoms with E-state index in [1.807, 2.05) is 79.7 Å². The van der Waals surface area contributed by atoms with E-state index in [0.717, 1.165) is 34.5 Å². The standard InChI is InChI=1S/C24H27NO2/c1-5-18-6-8-19(9-7-18)24(26,21-12-16-23(27-4)17-13-21)20-10-14-22(15-11-20)25(2)3/h6-17,26H,5H2,1-4H3. The maximum absolute atomic E-state index is 11.9. The van der Waals surface area contributed by atoms with Gasteiger partial charge in [-0.3, -0.25) is 0 Å². The number of anilines is 1. The second-order valence-electron chi connectivity index (χ2n) is 6.93. The average molecular weight is 361 g/mol. The Bertz CT molecular complexity index is 818. The predicted molar refractivity (Wildman–Crippen MR) is 112 cm³/mol. The summed E-state index contributed by atoms with van der Waals surface area (Å²) in [5.41, 5.74) is 3.61. The lowest BCUT2D eigenvalue weighted by Gasteiger charge is -2.31. The van der Waals surface area contributed by atoms with E-state index in [1.54, 1.807) is 7.11 Å². The van der Waals surface area contributed by atoms with Crippen LogP contribution < -0.4 is 9.64 Å². The third kappa shape index (κ3) is 3.69. The first-order chi connectivity index (χ1) is 13.0. The van der Waals surface area contributed by atoms with E-state index in [4.69, 9.17) is 4.74 Å². The summed E-state index contributed by atoms with van der Waals surface area (Å²) in [5.74, 6) is 0.769. The SMILES string of the molecule is CCc1ccc(C(O)(c2ccc(OC)cc2)c2ccc(N(C)C)cc2)cc1. The molecule has 0 spiro atoms. The second kappa shape index (κ2) is 7.85. The van der Waals surface area contributed by atoms with Crippen LogP contribution in [0.15, 0.2) is 72.8 Å². The lowest BCUT2D eigenvalue weighted by atomic mass is 9.80. The average Bonchev–Trinajstić information content (AvgIpc) is 2.73. The Morgan fingerprint density at radius 2 is 1.22 bits per heavy atom. The zero-order valence-electron chi connectivity index (χ0n) is 16.4. The van der Waals surface area contributed by atoms with Gasteiger partial charge in [0, 0.05) is 19.8 Å². The predicted octanol–water partition coefficient (Wildman–Crippen LogP) is 4.61. The van der Waals surface area contributed by atoms with E-state index >= 15 is 0 Å². The summed E-state index contributed by atoms with van der Waals surface area (Å²) in [6.45, 7) is 2.13. The molecule has 3 nitrogen and oxygen atoms in total. The molecule has 0 saturated carbocycles. The summed E-state index contributed by atoms with van der Waals surface area (Å²) in [5, 5.41) is 11.9. The molecular weight excluding hydrogens is 334 g/mol. The molecule has 0 aliphatic heterocycles. The number of aliphatic hydroxyl groups is 1. The Labute approximate surface area is 161 Å². The number of hydrogen-bond acceptors (Lipinski definition) is 3. The molecule has 0 heterocycles. The molecule has 0 aliphatic carbocycles. The molecule has 0 amide bonds. The maximum atomic E-state index is 11.9. The molecular formula is C24H27NO2. The first-order valence-corrected chi connectivity index (χ1v) is 9.23. The van der Waals surface area contributed by atoms with Crippen LogP contribution in [-0.2, 0) is 12.0 Å². The zero-order chi connectivity index (χ0) is 19.4. The van der Waals surface area contributed by atoms with Crippen molar-refractivity contribution in [2.45, 2.75) is 18.9 Å². The van der Waals surface area contributed by atoms with Crippen molar-refractivity contribution in [2.75, 3.05) is 26.1 Å². The van der Waals surface area contributed by atoms with Crippen LogP contribution >= 0.6 is 0 Å². The molecule has 1 N–H and O–H groups in total. The fourth-order valence-corrected chi connectivity index (χ4v) is 3.31. The summed E-state index contributed by atoms with van der Waals surface area (Å²) in [6, 6.07) is 23.9. The molecule has 0 aromatic heterocycles. The van der Waals surface area contributed by atoms with E-state index in [-0.39, 0.29) is 0 Å². The van der Waals surface area contributed by atoms with Gasteiger partial charge in [-0.25, -0.2) is 0 Å². The number of rotatable bonds is 6. The highest BCUT2D eigenvalue weighted by Crippen LogP contribution is 2.38. The fourth-order valence-electron chi connectivity index (χ4n) is 3.31. The van der Waals surface area contributed by atoms with Gasteiger partial charge in [0.1, 0.15) is 11.4 Å². The van der Waals surface area contributed by atoms with Crippen LogP contribution in [0.5, 0.6) is 5.75 Å². The first kappa shape index (κ1) is 19.0. The third-order valence-corrected chi connectivity index (χ3v) is 5.09. The molecule has 140 valence electrons. The van der Waals surface area contributed by atoms with Crippen molar-refractivity contribution in [3.8, 4) is 5.75 Å². The Kier molecular flexibility index (Phi) is 5.52. The minimum absolute atomic E-state index is 0.769. The molecule has 0 bridgehead atoms. The molecule has 3 heteroatoms. The first-order valence-electron chi connectivity index (χ1n) is 9.23. The van der Waals surface area contributed by atoms with Gasteiger partial charge in [-0.15, -0.1) is 0 Å². The summed E-state index contributed by atoms with van der Waals surface area (Å²) < 4.78 is 5.28. The van der Waals surface area contributed by atoms with Crippen molar-refractivity contribution in [1.29, 1.82) is 0 Å². The van der Waals surface area contributed by atoms with Crippen LogP contribution in [0, 0.1) is 0 Å². The number of hydrogen-bond donors (Lipinski definition) is 1. The van der Waals surface area contributed by atoms with Gasteiger partial charge in [-0.2, -0.15) is 0 Å². The van der Waals surface area contributed by atoms with E-state index < -0.39 is 5.60 Å². The molecule has 0 radical (unpaired) electrons. The largest absolute Gasteiger partial charge is 0.497 e. The van der Waals surface area contributed by atoms with Crippen LogP contribution in [0.3, 0.4) is 0 Å². The Morgan fingerprint density at radius 3 is 1.63 bits per heavy atom. The van der Waals surface area contributed by atoms with Crippen LogP contribution in [-0.4, -0.2) is 26.3 Å². The van der Waals surface area contributed by atoms with Gasteiger partial charge in [0.2, 0.25) is 0 Å². The number of nitrogens with zero attached hydrogens (tertiary/aromatic N) is 1. The highest BCUT2D eigenvalue weighted by molar-refractivity contribution is 5.53. The lowest BCUT2D eigenvalue weighted by Crippen LogP contribution is -2.29. The summed E-state index contributed by atoms with van der Waals surface area (Å²) in [6.07, 6.45) is 0.971. The van der Waals surface area contributed by atoms with Crippen molar-refractivity contribution in [3.05, 3.63) is 95.1 Å². The smallest absolute Gasteiger partial charge is 0.140 e. The van der Waals surface area contributed by atoms with Gasteiger partial charge in [0.15, 0.2) is 0 Å². The quantitative estimate of drug-likeness (QED) is 0.651. The highest BCUT2D eigenvalue weighted by atomic mass is 16.5. The van der Waals surface area contributed by atoms with Gasteiger partial charge < -0.3 is 14.7 Å². The summed E-state index contributed by atoms with van der Waals surface area (Å²) >= 11 is 0. The third-order valence-electron chi connectivity index (χ3n) is 5.09. The lowest BCUT2D eigenvalue weighted by molar-refractivity contribution is 0.125. The monoisotopic (exact) mass is 361 g/mol. The van der Waals surface area contributed by atoms with E-state index in [0.29, 0.717) is 0 Å². The molecule has 3 rings (SSSR count). The number of benzene rings is 3. The maximum Gasteiger partial charge on any atom is 0.140 e. The Hall–Kier alpha value is -2.78. The zero-order valence-corrected chi connectivity index (χ0v) is 16.4. The van der Waals surface area contributed by atoms with Gasteiger partial charge in [0.25, 0.3) is 0 Å². The minimum Gasteiger partial charge on any atom is -0.497 e. The Balaban J connectivity index is 2.14. The van der Waals surface area contributed by atoms with Gasteiger partial charge >= 0.3 is 0 Å². The van der Waals surface area contributed by atoms with E-state index in [2.05, 4.69) is 19.1 Å². The highest BCUT2D eigenvalue weighted by Gasteiger charge is 2.33. The van der Waals surface area contributed by atoms with Crippen molar-refractivity contribution in [1.82, 2.24) is 0 Å². The van der Waals surface area contributed by atoms with Crippen molar-refractivity contribution < 1.29 is 9.84 Å². The summed E-state index contributed by atoms with van der Waals surface area (Å²) in [4.78, 5) is 2.05. The normalized spacial score (nSPS) is 13.1. The molecule has 1 atom stereocenters. The molecule has 0 fully saturated rings. The van der Waals surface area contributed by atoms with Gasteiger partial charge in [-0.05, 0) is 52.9 Å². The fraction of sp³-hybridized carbons (Fsp3) is 0.250. The second-order valence-corrected chi connectivity index (χ2v) is 6.93. The van der Waals surface area contributed by atoms with Gasteiger partial charge in [0.05, 0.1) is 7.11 Å². The topological polar surface area (TPSA) is 32.7 Å². The molecule has 0 aliphatic rings. The van der Waals surface area contributed by atoms with E-state index in [9.17, 15) is 5.11 Å². The van der Waals surface area contributed by atoms with Crippen molar-refractivity contribution in [3.63, 3.8) is 0 Å². The minimum atomic E-state index is -1.23. The van der Waals surface area contributed by atoms with Crippen molar-refractivity contribution in [2.24, 2.45) is 0 Å². The van der Waals surface area contributed by atoms with Crippen LogP contribution in [0.1, 0.15) is 29.2 Å². The molecule has 0 saturated heterocycles. The van der Waals surface area contributed by atoms with Crippen LogP contribution in [0.4, 0.5) is 5.69 Å². The molecule has 3 aromatic carbocycles. The van der Waals surface area contributed by atoms with Crippen molar-refractivity contribution >= 4 is 5.69 Å². The van der Waals surface area contributed by atoms with Gasteiger partial charge in [-0.1, -0.05) is 55.5 Å². The molecule has 27 heavy (non-hydrogen) atoms. The molecule has 3 aromatic rings. The Morgan fingerprint density at radius 1 is 0.778 bits per heavy atom.